The molecule has 1 aliphatic heterocycles. The third-order valence-electron chi connectivity index (χ3n) is 5.12. The summed E-state index contributed by atoms with van der Waals surface area (Å²) in [5.74, 6) is 2.27. The van der Waals surface area contributed by atoms with Crippen LogP contribution in [0.2, 0.25) is 0 Å². The Morgan fingerprint density at radius 2 is 2.06 bits per heavy atom. The van der Waals surface area contributed by atoms with Gasteiger partial charge < -0.3 is 29.5 Å². The van der Waals surface area contributed by atoms with Gasteiger partial charge in [0.05, 0.1) is 11.8 Å². The summed E-state index contributed by atoms with van der Waals surface area (Å²) < 4.78 is 18.6. The number of amides is 1. The highest BCUT2D eigenvalue weighted by molar-refractivity contribution is 7.99. The number of imidazole rings is 1. The van der Waals surface area contributed by atoms with Gasteiger partial charge in [-0.1, -0.05) is 25.6 Å². The second kappa shape index (κ2) is 9.21. The minimum Gasteiger partial charge on any atom is -0.454 e. The smallest absolute Gasteiger partial charge is 0.231 e. The van der Waals surface area contributed by atoms with E-state index in [4.69, 9.17) is 24.6 Å². The Morgan fingerprint density at radius 3 is 2.82 bits per heavy atom. The molecule has 0 aliphatic carbocycles. The van der Waals surface area contributed by atoms with Crippen LogP contribution in [0.3, 0.4) is 0 Å². The van der Waals surface area contributed by atoms with Gasteiger partial charge in [-0.2, -0.15) is 0 Å². The first-order valence-corrected chi connectivity index (χ1v) is 11.6. The van der Waals surface area contributed by atoms with Crippen molar-refractivity contribution in [1.82, 2.24) is 29.8 Å². The molecular weight excluding hydrogens is 458 g/mol. The van der Waals surface area contributed by atoms with Crippen molar-refractivity contribution < 1.29 is 18.7 Å². The average Bonchev–Trinajstić information content (AvgIpc) is 3.54. The summed E-state index contributed by atoms with van der Waals surface area (Å²) in [6, 6.07) is 3.71. The minimum absolute atomic E-state index is 0.00437. The summed E-state index contributed by atoms with van der Waals surface area (Å²) in [4.78, 5) is 30.4. The van der Waals surface area contributed by atoms with Crippen LogP contribution in [0, 0.1) is 5.92 Å². The molecule has 3 aromatic heterocycles. The van der Waals surface area contributed by atoms with Crippen LogP contribution in [0.4, 0.5) is 5.82 Å². The van der Waals surface area contributed by atoms with E-state index in [-0.39, 0.29) is 24.4 Å². The summed E-state index contributed by atoms with van der Waals surface area (Å²) in [5.41, 5.74) is 7.90. The number of carbonyl (C=O) groups excluding carboxylic acids is 1. The molecule has 11 nitrogen and oxygen atoms in total. The molecule has 1 amide bonds. The summed E-state index contributed by atoms with van der Waals surface area (Å²) in [5, 5.41) is 3.59. The van der Waals surface area contributed by atoms with E-state index >= 15 is 0 Å². The molecule has 1 aromatic carbocycles. The topological polar surface area (TPSA) is 143 Å². The van der Waals surface area contributed by atoms with Crippen molar-refractivity contribution in [3.63, 3.8) is 0 Å². The summed E-state index contributed by atoms with van der Waals surface area (Å²) in [6.07, 6.45) is 4.97. The monoisotopic (exact) mass is 481 g/mol. The molecule has 0 unspecified atom stereocenters. The Morgan fingerprint density at radius 1 is 1.24 bits per heavy atom. The number of hydrogen-bond acceptors (Lipinski definition) is 10. The molecule has 0 fully saturated rings. The molecule has 176 valence electrons. The lowest BCUT2D eigenvalue weighted by Crippen LogP contribution is -2.28. The highest BCUT2D eigenvalue weighted by atomic mass is 32.2. The normalized spacial score (nSPS) is 12.6. The van der Waals surface area contributed by atoms with E-state index in [9.17, 15) is 4.79 Å². The minimum atomic E-state index is 0.00437. The lowest BCUT2D eigenvalue weighted by molar-refractivity contribution is -0.121. The van der Waals surface area contributed by atoms with E-state index in [2.05, 4.69) is 20.3 Å². The van der Waals surface area contributed by atoms with Gasteiger partial charge in [0.1, 0.15) is 12.6 Å². The number of hydrogen-bond donors (Lipinski definition) is 2. The van der Waals surface area contributed by atoms with E-state index in [1.54, 1.807) is 6.20 Å². The number of nitrogens with two attached hydrogens (primary N) is 1. The number of aromatic nitrogens is 5. The molecule has 5 rings (SSSR count). The van der Waals surface area contributed by atoms with Gasteiger partial charge in [-0.25, -0.2) is 19.9 Å². The Kier molecular flexibility index (Phi) is 5.97. The van der Waals surface area contributed by atoms with Gasteiger partial charge in [0, 0.05) is 24.4 Å². The Hall–Kier alpha value is -3.80. The van der Waals surface area contributed by atoms with Gasteiger partial charge in [-0.05, 0) is 18.1 Å². The molecule has 12 heteroatoms. The molecule has 3 N–H and O–H groups in total. The lowest BCUT2D eigenvalue weighted by atomic mass is 10.1. The number of carbonyl (C=O) groups is 1. The van der Waals surface area contributed by atoms with Crippen molar-refractivity contribution in [2.24, 2.45) is 5.92 Å². The van der Waals surface area contributed by atoms with E-state index in [0.29, 0.717) is 53.2 Å². The summed E-state index contributed by atoms with van der Waals surface area (Å²) >= 11 is 1.39. The Labute approximate surface area is 199 Å². The van der Waals surface area contributed by atoms with Gasteiger partial charge in [0.25, 0.3) is 0 Å². The fraction of sp³-hybridized carbons (Fsp3) is 0.318. The molecule has 0 spiro atoms. The van der Waals surface area contributed by atoms with Gasteiger partial charge >= 0.3 is 0 Å². The van der Waals surface area contributed by atoms with Crippen LogP contribution in [0.15, 0.2) is 45.4 Å². The van der Waals surface area contributed by atoms with Crippen molar-refractivity contribution in [3.8, 4) is 23.0 Å². The van der Waals surface area contributed by atoms with Crippen molar-refractivity contribution >= 4 is 34.7 Å². The zero-order valence-electron chi connectivity index (χ0n) is 18.6. The maximum atomic E-state index is 12.1. The van der Waals surface area contributed by atoms with Gasteiger partial charge in [0.2, 0.25) is 18.6 Å². The second-order valence-corrected chi connectivity index (χ2v) is 9.08. The van der Waals surface area contributed by atoms with Crippen LogP contribution in [0.1, 0.15) is 20.3 Å². The summed E-state index contributed by atoms with van der Waals surface area (Å²) in [6.45, 7) is 5.04. The highest BCUT2D eigenvalue weighted by Crippen LogP contribution is 2.44. The van der Waals surface area contributed by atoms with Crippen molar-refractivity contribution in [2.45, 2.75) is 36.9 Å². The van der Waals surface area contributed by atoms with E-state index in [1.165, 1.54) is 24.4 Å². The molecular formula is C22H23N7O4S. The quantitative estimate of drug-likeness (QED) is 0.385. The number of rotatable bonds is 8. The highest BCUT2D eigenvalue weighted by Gasteiger charge is 2.23. The molecule has 0 saturated carbocycles. The molecule has 1 aliphatic rings. The third kappa shape index (κ3) is 4.36. The maximum absolute atomic E-state index is 12.1. The molecule has 34 heavy (non-hydrogen) atoms. The molecule has 4 heterocycles. The number of ether oxygens (including phenoxy) is 2. The zero-order valence-corrected chi connectivity index (χ0v) is 19.5. The number of fused-ring (bicyclic) bond motifs is 2. The van der Waals surface area contributed by atoms with E-state index in [1.807, 2.05) is 30.5 Å². The zero-order chi connectivity index (χ0) is 23.7. The first-order chi connectivity index (χ1) is 16.5. The fourth-order valence-electron chi connectivity index (χ4n) is 3.59. The molecule has 4 aromatic rings. The molecule has 0 atom stereocenters. The van der Waals surface area contributed by atoms with Gasteiger partial charge in [0.15, 0.2) is 33.6 Å². The largest absolute Gasteiger partial charge is 0.454 e. The molecule has 0 saturated heterocycles. The number of nitrogens with one attached hydrogen (secondary N) is 1. The number of benzene rings is 1. The fourth-order valence-corrected chi connectivity index (χ4v) is 4.64. The maximum Gasteiger partial charge on any atom is 0.231 e. The first kappa shape index (κ1) is 22.0. The second-order valence-electron chi connectivity index (χ2n) is 8.07. The Balaban J connectivity index is 1.50. The SMILES string of the molecule is CC(C)CC(=O)NCCn1c(Sc2cc3c(cc2-c2ncco2)OCO3)nc2c(N)ncnc21. The van der Waals surface area contributed by atoms with Crippen LogP contribution < -0.4 is 20.5 Å². The third-order valence-corrected chi connectivity index (χ3v) is 6.17. The lowest BCUT2D eigenvalue weighted by Gasteiger charge is -2.12. The predicted octanol–water partition coefficient (Wildman–Crippen LogP) is 3.11. The number of nitrogens with zero attached hydrogens (tertiary/aromatic N) is 5. The predicted molar refractivity (Wildman–Crippen MR) is 124 cm³/mol. The van der Waals surface area contributed by atoms with Crippen LogP contribution >= 0.6 is 11.8 Å². The van der Waals surface area contributed by atoms with Crippen LogP contribution in [-0.4, -0.2) is 43.7 Å². The first-order valence-electron chi connectivity index (χ1n) is 10.7. The summed E-state index contributed by atoms with van der Waals surface area (Å²) in [7, 11) is 0. The molecule has 0 bridgehead atoms. The number of oxazole rings is 1. The standard InChI is InChI=1S/C22H23N7O4S/c1-12(2)7-17(30)24-3-5-29-20-18(19(23)26-10-27-20)28-22(29)34-16-9-15-14(32-11-33-15)8-13(16)21-25-4-6-31-21/h4,6,8-10,12H,3,5,7,11H2,1-2H3,(H,24,30)(H2,23,26,27). The van der Waals surface area contributed by atoms with Crippen molar-refractivity contribution in [3.05, 3.63) is 30.9 Å². The van der Waals surface area contributed by atoms with Crippen LogP contribution in [0.25, 0.3) is 22.6 Å². The van der Waals surface area contributed by atoms with E-state index < -0.39 is 0 Å². The van der Waals surface area contributed by atoms with Crippen molar-refractivity contribution in [2.75, 3.05) is 19.1 Å². The Bertz CT molecular complexity index is 1340. The van der Waals surface area contributed by atoms with Gasteiger partial charge in [-0.15, -0.1) is 0 Å². The van der Waals surface area contributed by atoms with Gasteiger partial charge in [-0.3, -0.25) is 4.79 Å². The van der Waals surface area contributed by atoms with Crippen LogP contribution in [-0.2, 0) is 11.3 Å². The molecule has 0 radical (unpaired) electrons. The van der Waals surface area contributed by atoms with Crippen LogP contribution in [0.5, 0.6) is 11.5 Å². The number of anilines is 1. The van der Waals surface area contributed by atoms with Crippen molar-refractivity contribution in [1.29, 1.82) is 0 Å². The average molecular weight is 482 g/mol. The van der Waals surface area contributed by atoms with E-state index in [0.717, 1.165) is 10.5 Å². The number of nitrogen functional groups attached to an aromatic ring is 1.